The first-order valence-corrected chi connectivity index (χ1v) is 12.0. The number of carbonyl (C=O) groups is 1. The number of fused-ring (bicyclic) bond motifs is 6. The summed E-state index contributed by atoms with van der Waals surface area (Å²) in [5, 5.41) is 3.43. The Labute approximate surface area is 198 Å². The van der Waals surface area contributed by atoms with E-state index in [9.17, 15) is 4.79 Å². The van der Waals surface area contributed by atoms with Crippen LogP contribution in [-0.4, -0.2) is 53.1 Å². The fourth-order valence-corrected chi connectivity index (χ4v) is 4.98. The maximum atomic E-state index is 13.3. The summed E-state index contributed by atoms with van der Waals surface area (Å²) in [5.74, 6) is 1.000. The Bertz CT molecular complexity index is 1160. The fraction of sp³-hybridized carbons (Fsp3) is 0.320. The van der Waals surface area contributed by atoms with Gasteiger partial charge in [-0.2, -0.15) is 4.98 Å². The first-order valence-electron chi connectivity index (χ1n) is 11.2. The highest BCUT2D eigenvalue weighted by Crippen LogP contribution is 2.31. The number of benzene rings is 2. The normalized spacial score (nSPS) is 18.5. The van der Waals surface area contributed by atoms with Crippen LogP contribution >= 0.6 is 11.9 Å². The van der Waals surface area contributed by atoms with Crippen LogP contribution in [0.5, 0.6) is 5.88 Å². The van der Waals surface area contributed by atoms with Gasteiger partial charge in [0, 0.05) is 35.2 Å². The number of hydrogen-bond acceptors (Lipinski definition) is 7. The van der Waals surface area contributed by atoms with Crippen molar-refractivity contribution in [3.63, 3.8) is 0 Å². The molecule has 1 unspecified atom stereocenters. The molecule has 170 valence electrons. The van der Waals surface area contributed by atoms with Crippen molar-refractivity contribution >= 4 is 23.8 Å². The average Bonchev–Trinajstić information content (AvgIpc) is 2.79. The number of ether oxygens (including phenoxy) is 1. The molecule has 8 heteroatoms. The number of anilines is 1. The Morgan fingerprint density at radius 2 is 1.91 bits per heavy atom. The predicted molar refractivity (Wildman–Crippen MR) is 131 cm³/mol. The number of aryl methyl sites for hydroxylation is 2. The molecule has 1 saturated heterocycles. The van der Waals surface area contributed by atoms with Gasteiger partial charge in [0.05, 0.1) is 12.2 Å². The van der Waals surface area contributed by atoms with Crippen molar-refractivity contribution in [3.05, 3.63) is 65.2 Å². The van der Waals surface area contributed by atoms with Crippen molar-refractivity contribution in [1.82, 2.24) is 20.2 Å². The van der Waals surface area contributed by atoms with Crippen LogP contribution in [0.1, 0.15) is 27.9 Å². The first-order chi connectivity index (χ1) is 16.1. The molecule has 7 nitrogen and oxygen atoms in total. The third-order valence-electron chi connectivity index (χ3n) is 5.93. The second kappa shape index (κ2) is 9.41. The Balaban J connectivity index is 1.59. The van der Waals surface area contributed by atoms with Crippen molar-refractivity contribution in [1.29, 1.82) is 0 Å². The van der Waals surface area contributed by atoms with Crippen LogP contribution in [0.4, 0.5) is 5.95 Å². The predicted octanol–water partition coefficient (Wildman–Crippen LogP) is 4.08. The molecule has 3 aromatic rings. The molecule has 2 aromatic carbocycles. The van der Waals surface area contributed by atoms with E-state index < -0.39 is 0 Å². The zero-order valence-corrected chi connectivity index (χ0v) is 19.6. The van der Waals surface area contributed by atoms with Crippen molar-refractivity contribution < 1.29 is 9.53 Å². The molecule has 5 rings (SSSR count). The van der Waals surface area contributed by atoms with Crippen molar-refractivity contribution in [2.24, 2.45) is 0 Å². The molecule has 3 heterocycles. The summed E-state index contributed by atoms with van der Waals surface area (Å²) in [6, 6.07) is 15.8. The Morgan fingerprint density at radius 1 is 1.09 bits per heavy atom. The summed E-state index contributed by atoms with van der Waals surface area (Å²) in [6.45, 7) is 6.83. The largest absolute Gasteiger partial charge is 0.471 e. The molecular weight excluding hydrogens is 434 g/mol. The van der Waals surface area contributed by atoms with Gasteiger partial charge in [-0.3, -0.25) is 9.52 Å². The van der Waals surface area contributed by atoms with Crippen molar-refractivity contribution in [3.8, 4) is 17.1 Å². The van der Waals surface area contributed by atoms with E-state index in [4.69, 9.17) is 9.72 Å². The number of carbonyl (C=O) groups excluding carboxylic acids is 1. The summed E-state index contributed by atoms with van der Waals surface area (Å²) in [7, 11) is 0. The molecule has 0 radical (unpaired) electrons. The Morgan fingerprint density at radius 3 is 2.76 bits per heavy atom. The SMILES string of the molecule is Cc1cccc(C)c1-c1cc2nc(n1)NSc1cccc(c1)C(=O)N1CCCNCC(C1)O2. The maximum Gasteiger partial charge on any atom is 0.254 e. The third-order valence-corrected chi connectivity index (χ3v) is 6.71. The molecule has 2 aliphatic rings. The second-order valence-electron chi connectivity index (χ2n) is 8.46. The molecule has 0 saturated carbocycles. The lowest BCUT2D eigenvalue weighted by molar-refractivity contribution is 0.0626. The smallest absolute Gasteiger partial charge is 0.254 e. The second-order valence-corrected chi connectivity index (χ2v) is 9.34. The van der Waals surface area contributed by atoms with Gasteiger partial charge in [-0.05, 0) is 68.1 Å². The van der Waals surface area contributed by atoms with E-state index in [0.29, 0.717) is 37.0 Å². The standard InChI is InChI=1S/C25H27N5O2S/c1-16-6-3-7-17(2)23(16)21-13-22-28-25(27-21)29-33-20-9-4-8-18(12-20)24(31)30-11-5-10-26-14-19(15-30)32-22/h3-4,6-9,12-13,19,26H,5,10-11,14-15H2,1-2H3,(H,27,28,29). The van der Waals surface area contributed by atoms with Gasteiger partial charge in [0.1, 0.15) is 6.10 Å². The van der Waals surface area contributed by atoms with Crippen molar-refractivity contribution in [2.75, 3.05) is 30.9 Å². The molecule has 1 aromatic heterocycles. The van der Waals surface area contributed by atoms with Gasteiger partial charge in [-0.1, -0.05) is 24.3 Å². The number of rotatable bonds is 1. The van der Waals surface area contributed by atoms with Crippen LogP contribution in [0.25, 0.3) is 11.3 Å². The van der Waals surface area contributed by atoms with E-state index in [-0.39, 0.29) is 12.0 Å². The fourth-order valence-electron chi connectivity index (χ4n) is 4.35. The van der Waals surface area contributed by atoms with Crippen LogP contribution in [0.2, 0.25) is 0 Å². The van der Waals surface area contributed by atoms with Crippen molar-refractivity contribution in [2.45, 2.75) is 31.3 Å². The minimum atomic E-state index is -0.223. The molecule has 0 aliphatic carbocycles. The minimum absolute atomic E-state index is 0.0289. The zero-order chi connectivity index (χ0) is 22.8. The Kier molecular flexibility index (Phi) is 6.20. The van der Waals surface area contributed by atoms with E-state index in [1.165, 1.54) is 11.9 Å². The molecule has 1 fully saturated rings. The zero-order valence-electron chi connectivity index (χ0n) is 18.8. The average molecular weight is 462 g/mol. The molecule has 33 heavy (non-hydrogen) atoms. The first kappa shape index (κ1) is 21.7. The minimum Gasteiger partial charge on any atom is -0.471 e. The van der Waals surface area contributed by atoms with Gasteiger partial charge in [-0.25, -0.2) is 4.98 Å². The highest BCUT2D eigenvalue weighted by Gasteiger charge is 2.25. The molecule has 1 amide bonds. The summed E-state index contributed by atoms with van der Waals surface area (Å²) in [5.41, 5.74) is 4.87. The third kappa shape index (κ3) is 4.82. The molecule has 2 N–H and O–H groups in total. The lowest BCUT2D eigenvalue weighted by Crippen LogP contribution is -2.47. The van der Waals surface area contributed by atoms with E-state index in [2.05, 4.69) is 47.1 Å². The Hall–Kier alpha value is -3.10. The quantitative estimate of drug-likeness (QED) is 0.529. The van der Waals surface area contributed by atoms with E-state index in [0.717, 1.165) is 40.2 Å². The number of nitrogens with zero attached hydrogens (tertiary/aromatic N) is 3. The van der Waals surface area contributed by atoms with Gasteiger partial charge < -0.3 is 15.0 Å². The molecule has 0 spiro atoms. The molecule has 2 aliphatic heterocycles. The summed E-state index contributed by atoms with van der Waals surface area (Å²) < 4.78 is 9.62. The van der Waals surface area contributed by atoms with Gasteiger partial charge in [-0.15, -0.1) is 0 Å². The summed E-state index contributed by atoms with van der Waals surface area (Å²) in [6.07, 6.45) is 0.683. The lowest BCUT2D eigenvalue weighted by Gasteiger charge is -2.30. The van der Waals surface area contributed by atoms with Crippen LogP contribution in [0.3, 0.4) is 0 Å². The van der Waals surface area contributed by atoms with Gasteiger partial charge in [0.2, 0.25) is 11.8 Å². The maximum absolute atomic E-state index is 13.3. The summed E-state index contributed by atoms with van der Waals surface area (Å²) in [4.78, 5) is 25.5. The molecular formula is C25H27N5O2S. The van der Waals surface area contributed by atoms with E-state index in [1.54, 1.807) is 0 Å². The van der Waals surface area contributed by atoms with Gasteiger partial charge in [0.25, 0.3) is 5.91 Å². The molecule has 6 bridgehead atoms. The van der Waals surface area contributed by atoms with Crippen LogP contribution < -0.4 is 14.8 Å². The number of amides is 1. The number of nitrogens with one attached hydrogen (secondary N) is 2. The monoisotopic (exact) mass is 461 g/mol. The molecule has 1 atom stereocenters. The van der Waals surface area contributed by atoms with Crippen LogP contribution in [0.15, 0.2) is 53.4 Å². The summed E-state index contributed by atoms with van der Waals surface area (Å²) >= 11 is 1.39. The highest BCUT2D eigenvalue weighted by atomic mass is 32.2. The van der Waals surface area contributed by atoms with E-state index in [1.807, 2.05) is 35.2 Å². The number of aromatic nitrogens is 2. The highest BCUT2D eigenvalue weighted by molar-refractivity contribution is 8.00. The number of hydrogen-bond donors (Lipinski definition) is 2. The van der Waals surface area contributed by atoms with E-state index >= 15 is 0 Å². The van der Waals surface area contributed by atoms with Crippen LogP contribution in [-0.2, 0) is 0 Å². The lowest BCUT2D eigenvalue weighted by atomic mass is 10.00. The topological polar surface area (TPSA) is 79.4 Å². The van der Waals surface area contributed by atoms with Gasteiger partial charge >= 0.3 is 0 Å². The van der Waals surface area contributed by atoms with Crippen LogP contribution in [0, 0.1) is 13.8 Å². The van der Waals surface area contributed by atoms with Gasteiger partial charge in [0.15, 0.2) is 0 Å².